The highest BCUT2D eigenvalue weighted by Crippen LogP contribution is 2.35. The fraction of sp³-hybridized carbons (Fsp3) is 0.188. The zero-order chi connectivity index (χ0) is 15.8. The summed E-state index contributed by atoms with van der Waals surface area (Å²) < 4.78 is 11.6. The molecule has 0 atom stereocenters. The molecule has 22 heavy (non-hydrogen) atoms. The van der Waals surface area contributed by atoms with E-state index < -0.39 is 7.60 Å². The molecule has 0 spiro atoms. The van der Waals surface area contributed by atoms with Gasteiger partial charge in [0.2, 0.25) is 0 Å². The highest BCUT2D eigenvalue weighted by Gasteiger charge is 2.26. The standard InChI is InChI=1S/C16H17O4P.ClH/c1-10-8-11(2)15(12(3)9-10)16(17)13-6-4-5-7-14(13)21(18,19)20;/h4-9H,1-3H3,(H2,18,19,20);1H. The van der Waals surface area contributed by atoms with Gasteiger partial charge in [0.25, 0.3) is 0 Å². The van der Waals surface area contributed by atoms with E-state index in [2.05, 4.69) is 0 Å². The van der Waals surface area contributed by atoms with Gasteiger partial charge in [-0.15, -0.1) is 12.4 Å². The van der Waals surface area contributed by atoms with Crippen molar-refractivity contribution in [1.82, 2.24) is 0 Å². The molecule has 0 heterocycles. The van der Waals surface area contributed by atoms with E-state index in [9.17, 15) is 19.1 Å². The first kappa shape index (κ1) is 18.6. The van der Waals surface area contributed by atoms with Crippen LogP contribution in [0.4, 0.5) is 0 Å². The maximum Gasteiger partial charge on any atom is 0.356 e. The number of hydrogen-bond acceptors (Lipinski definition) is 2. The van der Waals surface area contributed by atoms with Crippen LogP contribution in [-0.2, 0) is 4.57 Å². The van der Waals surface area contributed by atoms with Crippen LogP contribution in [0, 0.1) is 20.8 Å². The Morgan fingerprint density at radius 3 is 2.00 bits per heavy atom. The Balaban J connectivity index is 0.00000242. The topological polar surface area (TPSA) is 74.6 Å². The van der Waals surface area contributed by atoms with Gasteiger partial charge in [-0.2, -0.15) is 0 Å². The van der Waals surface area contributed by atoms with E-state index in [4.69, 9.17) is 0 Å². The second kappa shape index (κ2) is 6.76. The minimum absolute atomic E-state index is 0. The summed E-state index contributed by atoms with van der Waals surface area (Å²) in [7, 11) is -4.49. The normalized spacial score (nSPS) is 11.0. The molecule has 2 aromatic carbocycles. The molecule has 4 nitrogen and oxygen atoms in total. The van der Waals surface area contributed by atoms with Crippen molar-refractivity contribution >= 4 is 31.1 Å². The number of hydrogen-bond donors (Lipinski definition) is 2. The van der Waals surface area contributed by atoms with Gasteiger partial charge in [-0.1, -0.05) is 35.9 Å². The third-order valence-electron chi connectivity index (χ3n) is 3.37. The lowest BCUT2D eigenvalue weighted by molar-refractivity contribution is 0.103. The SMILES string of the molecule is Cc1cc(C)c(C(=O)c2ccccc2P(=O)(O)O)c(C)c1.Cl. The van der Waals surface area contributed by atoms with Gasteiger partial charge in [-0.25, -0.2) is 0 Å². The van der Waals surface area contributed by atoms with E-state index in [1.165, 1.54) is 18.2 Å². The zero-order valence-electron chi connectivity index (χ0n) is 12.5. The van der Waals surface area contributed by atoms with Crippen LogP contribution in [-0.4, -0.2) is 15.6 Å². The summed E-state index contributed by atoms with van der Waals surface area (Å²) in [5.74, 6) is -0.357. The van der Waals surface area contributed by atoms with Gasteiger partial charge in [-0.3, -0.25) is 9.36 Å². The van der Waals surface area contributed by atoms with Crippen LogP contribution in [0.3, 0.4) is 0 Å². The Bertz CT molecular complexity index is 741. The third-order valence-corrected chi connectivity index (χ3v) is 4.38. The average Bonchev–Trinajstić information content (AvgIpc) is 2.36. The van der Waals surface area contributed by atoms with Crippen LogP contribution in [0.2, 0.25) is 0 Å². The molecule has 0 aliphatic rings. The van der Waals surface area contributed by atoms with E-state index in [1.807, 2.05) is 32.9 Å². The van der Waals surface area contributed by atoms with Crippen molar-refractivity contribution in [1.29, 1.82) is 0 Å². The Morgan fingerprint density at radius 2 is 1.50 bits per heavy atom. The van der Waals surface area contributed by atoms with E-state index in [0.29, 0.717) is 5.56 Å². The lowest BCUT2D eigenvalue weighted by Crippen LogP contribution is -2.18. The van der Waals surface area contributed by atoms with E-state index in [0.717, 1.165) is 16.7 Å². The molecular formula is C16H18ClO4P. The Hall–Kier alpha value is -1.45. The van der Waals surface area contributed by atoms with Crippen LogP contribution >= 0.6 is 20.0 Å². The predicted molar refractivity (Wildman–Crippen MR) is 89.5 cm³/mol. The first-order valence-electron chi connectivity index (χ1n) is 6.49. The Kier molecular flexibility index (Phi) is 5.71. The molecular weight excluding hydrogens is 323 g/mol. The van der Waals surface area contributed by atoms with Crippen LogP contribution in [0.5, 0.6) is 0 Å². The Labute approximate surface area is 135 Å². The molecule has 118 valence electrons. The number of benzene rings is 2. The average molecular weight is 341 g/mol. The van der Waals surface area contributed by atoms with Crippen molar-refractivity contribution < 1.29 is 19.1 Å². The molecule has 0 aliphatic carbocycles. The number of carbonyl (C=O) groups excluding carboxylic acids is 1. The smallest absolute Gasteiger partial charge is 0.321 e. The lowest BCUT2D eigenvalue weighted by atomic mass is 9.93. The van der Waals surface area contributed by atoms with Gasteiger partial charge in [0.1, 0.15) is 0 Å². The minimum Gasteiger partial charge on any atom is -0.321 e. The fourth-order valence-electron chi connectivity index (χ4n) is 2.59. The summed E-state index contributed by atoms with van der Waals surface area (Å²) >= 11 is 0. The second-order valence-corrected chi connectivity index (χ2v) is 6.73. The molecule has 0 saturated heterocycles. The molecule has 0 amide bonds. The van der Waals surface area contributed by atoms with E-state index in [1.54, 1.807) is 6.07 Å². The summed E-state index contributed by atoms with van der Waals surface area (Å²) in [5.41, 5.74) is 3.21. The summed E-state index contributed by atoms with van der Waals surface area (Å²) in [6.45, 7) is 5.60. The molecule has 0 radical (unpaired) electrons. The highest BCUT2D eigenvalue weighted by atomic mass is 35.5. The summed E-state index contributed by atoms with van der Waals surface area (Å²) in [6, 6.07) is 9.65. The van der Waals surface area contributed by atoms with Gasteiger partial charge in [-0.05, 0) is 38.0 Å². The number of aryl methyl sites for hydroxylation is 3. The number of carbonyl (C=O) groups is 1. The number of halogens is 1. The predicted octanol–water partition coefficient (Wildman–Crippen LogP) is 3.07. The van der Waals surface area contributed by atoms with Crippen molar-refractivity contribution in [2.45, 2.75) is 20.8 Å². The molecule has 0 saturated carbocycles. The molecule has 0 unspecified atom stereocenters. The maximum absolute atomic E-state index is 12.7. The van der Waals surface area contributed by atoms with Gasteiger partial charge in [0, 0.05) is 11.1 Å². The van der Waals surface area contributed by atoms with Crippen LogP contribution in [0.1, 0.15) is 32.6 Å². The molecule has 0 fully saturated rings. The van der Waals surface area contributed by atoms with Gasteiger partial charge >= 0.3 is 7.60 Å². The monoisotopic (exact) mass is 340 g/mol. The fourth-order valence-corrected chi connectivity index (χ4v) is 3.36. The lowest BCUT2D eigenvalue weighted by Gasteiger charge is -2.14. The molecule has 6 heteroatoms. The van der Waals surface area contributed by atoms with Crippen LogP contribution in [0.25, 0.3) is 0 Å². The van der Waals surface area contributed by atoms with Crippen molar-refractivity contribution in [3.63, 3.8) is 0 Å². The van der Waals surface area contributed by atoms with Crippen molar-refractivity contribution in [3.8, 4) is 0 Å². The maximum atomic E-state index is 12.7. The molecule has 2 N–H and O–H groups in total. The molecule has 0 aliphatic heterocycles. The first-order chi connectivity index (χ1) is 9.71. The summed E-state index contributed by atoms with van der Waals surface area (Å²) in [6.07, 6.45) is 0. The molecule has 2 aromatic rings. The first-order valence-corrected chi connectivity index (χ1v) is 8.10. The highest BCUT2D eigenvalue weighted by molar-refractivity contribution is 7.60. The summed E-state index contributed by atoms with van der Waals surface area (Å²) in [4.78, 5) is 31.5. The van der Waals surface area contributed by atoms with Crippen LogP contribution in [0.15, 0.2) is 36.4 Å². The third kappa shape index (κ3) is 3.65. The van der Waals surface area contributed by atoms with E-state index >= 15 is 0 Å². The Morgan fingerprint density at radius 1 is 1.00 bits per heavy atom. The zero-order valence-corrected chi connectivity index (χ0v) is 14.2. The largest absolute Gasteiger partial charge is 0.356 e. The summed E-state index contributed by atoms with van der Waals surface area (Å²) in [5, 5.41) is -0.227. The molecule has 0 aromatic heterocycles. The number of ketones is 1. The van der Waals surface area contributed by atoms with Crippen molar-refractivity contribution in [2.24, 2.45) is 0 Å². The van der Waals surface area contributed by atoms with Gasteiger partial charge in [0.05, 0.1) is 5.30 Å². The molecule has 2 rings (SSSR count). The van der Waals surface area contributed by atoms with Gasteiger partial charge < -0.3 is 9.79 Å². The number of rotatable bonds is 3. The van der Waals surface area contributed by atoms with Crippen molar-refractivity contribution in [2.75, 3.05) is 0 Å². The quantitative estimate of drug-likeness (QED) is 0.665. The van der Waals surface area contributed by atoms with Crippen molar-refractivity contribution in [3.05, 3.63) is 64.2 Å². The van der Waals surface area contributed by atoms with E-state index in [-0.39, 0.29) is 29.1 Å². The van der Waals surface area contributed by atoms with Crippen LogP contribution < -0.4 is 5.30 Å². The minimum atomic E-state index is -4.49. The second-order valence-electron chi connectivity index (χ2n) is 5.16. The molecule has 0 bridgehead atoms. The van der Waals surface area contributed by atoms with Gasteiger partial charge in [0.15, 0.2) is 5.78 Å².